The van der Waals surface area contributed by atoms with Gasteiger partial charge in [0.15, 0.2) is 0 Å². The van der Waals surface area contributed by atoms with Gasteiger partial charge in [-0.25, -0.2) is 0 Å². The number of hydrogen-bond acceptors (Lipinski definition) is 3. The topological polar surface area (TPSA) is 29.5 Å². The molecule has 0 spiro atoms. The van der Waals surface area contributed by atoms with E-state index in [0.29, 0.717) is 11.6 Å². The largest absolute Gasteiger partial charge is 0.493 e. The summed E-state index contributed by atoms with van der Waals surface area (Å²) in [5.74, 6) is 0.788. The number of aliphatic hydroxyl groups excluding tert-OH is 1. The van der Waals surface area contributed by atoms with Crippen LogP contribution in [0.1, 0.15) is 22.8 Å². The van der Waals surface area contributed by atoms with Crippen molar-refractivity contribution < 1.29 is 9.84 Å². The van der Waals surface area contributed by atoms with E-state index in [1.807, 2.05) is 36.6 Å². The van der Waals surface area contributed by atoms with E-state index in [9.17, 15) is 5.11 Å². The lowest BCUT2D eigenvalue weighted by atomic mass is 9.98. The van der Waals surface area contributed by atoms with Gasteiger partial charge in [-0.15, -0.1) is 11.8 Å². The van der Waals surface area contributed by atoms with Crippen LogP contribution in [0, 0.1) is 0 Å². The van der Waals surface area contributed by atoms with E-state index in [1.165, 1.54) is 4.90 Å². The molecule has 0 saturated heterocycles. The molecule has 0 amide bonds. The molecule has 2 aromatic carbocycles. The molecule has 0 radical (unpaired) electrons. The van der Waals surface area contributed by atoms with Crippen LogP contribution in [-0.4, -0.2) is 18.0 Å². The predicted octanol–water partition coefficient (Wildman–Crippen LogP) is 4.08. The van der Waals surface area contributed by atoms with Gasteiger partial charge in [0.25, 0.3) is 0 Å². The minimum atomic E-state index is -0.712. The van der Waals surface area contributed by atoms with Crippen LogP contribution in [0.4, 0.5) is 0 Å². The molecule has 1 atom stereocenters. The van der Waals surface area contributed by atoms with Crippen LogP contribution in [0.5, 0.6) is 5.75 Å². The van der Waals surface area contributed by atoms with Gasteiger partial charge < -0.3 is 9.84 Å². The van der Waals surface area contributed by atoms with Crippen LogP contribution in [-0.2, 0) is 6.42 Å². The van der Waals surface area contributed by atoms with Gasteiger partial charge in [-0.3, -0.25) is 0 Å². The maximum Gasteiger partial charge on any atom is 0.128 e. The van der Waals surface area contributed by atoms with Crippen molar-refractivity contribution in [1.82, 2.24) is 0 Å². The summed E-state index contributed by atoms with van der Waals surface area (Å²) in [7, 11) is 0. The smallest absolute Gasteiger partial charge is 0.128 e. The molecule has 1 aliphatic rings. The molecule has 104 valence electrons. The van der Waals surface area contributed by atoms with Crippen molar-refractivity contribution in [2.45, 2.75) is 17.4 Å². The molecule has 1 aliphatic heterocycles. The molecule has 0 saturated carbocycles. The standard InChI is InChI=1S/C16H15ClO2S/c1-20-13-4-2-10(3-5-13)15(18)14-9-12(17)8-11-6-7-19-16(11)14/h2-5,8-9,15,18H,6-7H2,1H3. The Labute approximate surface area is 127 Å². The zero-order valence-corrected chi connectivity index (χ0v) is 12.7. The lowest BCUT2D eigenvalue weighted by molar-refractivity contribution is 0.213. The summed E-state index contributed by atoms with van der Waals surface area (Å²) >= 11 is 7.82. The lowest BCUT2D eigenvalue weighted by Crippen LogP contribution is -2.02. The molecular formula is C16H15ClO2S. The SMILES string of the molecule is CSc1ccc(C(O)c2cc(Cl)cc3c2OCC3)cc1. The third-order valence-corrected chi connectivity index (χ3v) is 4.47. The van der Waals surface area contributed by atoms with E-state index in [0.717, 1.165) is 28.9 Å². The molecule has 2 aromatic rings. The van der Waals surface area contributed by atoms with Crippen molar-refractivity contribution in [2.24, 2.45) is 0 Å². The minimum absolute atomic E-state index is 0.643. The molecule has 1 heterocycles. The van der Waals surface area contributed by atoms with Crippen LogP contribution in [0.3, 0.4) is 0 Å². The molecule has 1 N–H and O–H groups in total. The van der Waals surface area contributed by atoms with E-state index in [4.69, 9.17) is 16.3 Å². The monoisotopic (exact) mass is 306 g/mol. The molecule has 0 aromatic heterocycles. The average Bonchev–Trinajstić information content (AvgIpc) is 2.94. The lowest BCUT2D eigenvalue weighted by Gasteiger charge is -2.16. The van der Waals surface area contributed by atoms with E-state index < -0.39 is 6.10 Å². The molecule has 4 heteroatoms. The van der Waals surface area contributed by atoms with Gasteiger partial charge in [0.2, 0.25) is 0 Å². The van der Waals surface area contributed by atoms with Gasteiger partial charge in [-0.05, 0) is 41.6 Å². The highest BCUT2D eigenvalue weighted by Gasteiger charge is 2.23. The fraction of sp³-hybridized carbons (Fsp3) is 0.250. The van der Waals surface area contributed by atoms with Crippen molar-refractivity contribution in [3.8, 4) is 5.75 Å². The van der Waals surface area contributed by atoms with Crippen molar-refractivity contribution in [2.75, 3.05) is 12.9 Å². The Kier molecular flexibility index (Phi) is 3.92. The number of hydrogen-bond donors (Lipinski definition) is 1. The van der Waals surface area contributed by atoms with Crippen LogP contribution in [0.2, 0.25) is 5.02 Å². The van der Waals surface area contributed by atoms with Gasteiger partial charge in [0.05, 0.1) is 6.61 Å². The number of aliphatic hydroxyl groups is 1. The van der Waals surface area contributed by atoms with Crippen LogP contribution < -0.4 is 4.74 Å². The number of fused-ring (bicyclic) bond motifs is 1. The van der Waals surface area contributed by atoms with Crippen LogP contribution in [0.25, 0.3) is 0 Å². The number of thioether (sulfide) groups is 1. The summed E-state index contributed by atoms with van der Waals surface area (Å²) < 4.78 is 5.65. The van der Waals surface area contributed by atoms with Gasteiger partial charge in [0.1, 0.15) is 11.9 Å². The summed E-state index contributed by atoms with van der Waals surface area (Å²) in [6.07, 6.45) is 2.17. The summed E-state index contributed by atoms with van der Waals surface area (Å²) in [4.78, 5) is 1.17. The highest BCUT2D eigenvalue weighted by molar-refractivity contribution is 7.98. The Bertz CT molecular complexity index is 625. The van der Waals surface area contributed by atoms with Crippen molar-refractivity contribution >= 4 is 23.4 Å². The Morgan fingerprint density at radius 1 is 1.25 bits per heavy atom. The van der Waals surface area contributed by atoms with E-state index >= 15 is 0 Å². The number of rotatable bonds is 3. The normalized spacial score (nSPS) is 14.8. The fourth-order valence-electron chi connectivity index (χ4n) is 2.47. The highest BCUT2D eigenvalue weighted by atomic mass is 35.5. The zero-order valence-electron chi connectivity index (χ0n) is 11.1. The van der Waals surface area contributed by atoms with Gasteiger partial charge >= 0.3 is 0 Å². The van der Waals surface area contributed by atoms with Gasteiger partial charge in [-0.1, -0.05) is 23.7 Å². The second-order valence-corrected chi connectivity index (χ2v) is 6.07. The Balaban J connectivity index is 1.99. The quantitative estimate of drug-likeness (QED) is 0.867. The van der Waals surface area contributed by atoms with Crippen molar-refractivity contribution in [3.05, 3.63) is 58.1 Å². The first-order valence-corrected chi connectivity index (χ1v) is 8.06. The van der Waals surface area contributed by atoms with Gasteiger partial charge in [-0.2, -0.15) is 0 Å². The minimum Gasteiger partial charge on any atom is -0.493 e. The average molecular weight is 307 g/mol. The number of halogens is 1. The molecule has 0 fully saturated rings. The zero-order chi connectivity index (χ0) is 14.1. The first-order chi connectivity index (χ1) is 9.69. The summed E-state index contributed by atoms with van der Waals surface area (Å²) in [6, 6.07) is 11.6. The van der Waals surface area contributed by atoms with Crippen LogP contribution in [0.15, 0.2) is 41.3 Å². The number of benzene rings is 2. The molecule has 0 aliphatic carbocycles. The molecular weight excluding hydrogens is 292 g/mol. The molecule has 20 heavy (non-hydrogen) atoms. The van der Waals surface area contributed by atoms with Gasteiger partial charge in [0, 0.05) is 21.9 Å². The van der Waals surface area contributed by atoms with E-state index in [1.54, 1.807) is 17.8 Å². The Morgan fingerprint density at radius 2 is 2.00 bits per heavy atom. The van der Waals surface area contributed by atoms with Crippen LogP contribution >= 0.6 is 23.4 Å². The van der Waals surface area contributed by atoms with E-state index in [-0.39, 0.29) is 0 Å². The van der Waals surface area contributed by atoms with E-state index in [2.05, 4.69) is 0 Å². The molecule has 0 bridgehead atoms. The second kappa shape index (κ2) is 5.68. The third kappa shape index (κ3) is 2.53. The summed E-state index contributed by atoms with van der Waals surface area (Å²) in [5.41, 5.74) is 2.68. The summed E-state index contributed by atoms with van der Waals surface area (Å²) in [5, 5.41) is 11.2. The van der Waals surface area contributed by atoms with Crippen molar-refractivity contribution in [1.29, 1.82) is 0 Å². The predicted molar refractivity (Wildman–Crippen MR) is 82.9 cm³/mol. The highest BCUT2D eigenvalue weighted by Crippen LogP contribution is 2.38. The van der Waals surface area contributed by atoms with Crippen molar-refractivity contribution in [3.63, 3.8) is 0 Å². The molecule has 3 rings (SSSR count). The first kappa shape index (κ1) is 13.8. The third-order valence-electron chi connectivity index (χ3n) is 3.50. The second-order valence-electron chi connectivity index (χ2n) is 4.76. The molecule has 1 unspecified atom stereocenters. The maximum atomic E-state index is 10.6. The Morgan fingerprint density at radius 3 is 2.70 bits per heavy atom. The first-order valence-electron chi connectivity index (χ1n) is 6.46. The molecule has 2 nitrogen and oxygen atoms in total. The Hall–Kier alpha value is -1.16. The number of ether oxygens (including phenoxy) is 1. The summed E-state index contributed by atoms with van der Waals surface area (Å²) in [6.45, 7) is 0.654. The fourth-order valence-corrected chi connectivity index (χ4v) is 3.12. The maximum absolute atomic E-state index is 10.6.